The summed E-state index contributed by atoms with van der Waals surface area (Å²) >= 11 is 1.55. The van der Waals surface area contributed by atoms with Crippen molar-refractivity contribution in [3.05, 3.63) is 36.4 Å². The monoisotopic (exact) mass is 329 g/mol. The summed E-state index contributed by atoms with van der Waals surface area (Å²) in [6.07, 6.45) is 2.33. The normalized spacial score (nSPS) is 11.1. The molecule has 0 fully saturated rings. The van der Waals surface area contributed by atoms with Crippen LogP contribution in [0.4, 0.5) is 0 Å². The highest BCUT2D eigenvalue weighted by atomic mass is 32.2. The van der Waals surface area contributed by atoms with Gasteiger partial charge in [0.1, 0.15) is 0 Å². The average molecular weight is 329 g/mol. The number of nitrogens with one attached hydrogen (secondary N) is 1. The largest absolute Gasteiger partial charge is 0.462 e. The van der Waals surface area contributed by atoms with Crippen molar-refractivity contribution >= 4 is 27.8 Å². The molecule has 7 heteroatoms. The zero-order chi connectivity index (χ0) is 15.9. The fraction of sp³-hybridized carbons (Fsp3) is 0.357. The summed E-state index contributed by atoms with van der Waals surface area (Å²) in [4.78, 5) is 12.3. The summed E-state index contributed by atoms with van der Waals surface area (Å²) in [5.41, 5.74) is 0.324. The molecule has 0 saturated carbocycles. The lowest BCUT2D eigenvalue weighted by Gasteiger charge is -2.08. The van der Waals surface area contributed by atoms with Crippen molar-refractivity contribution < 1.29 is 17.9 Å². The van der Waals surface area contributed by atoms with Crippen molar-refractivity contribution in [1.82, 2.24) is 4.72 Å². The molecule has 0 bridgehead atoms. The maximum atomic E-state index is 12.0. The second kappa shape index (κ2) is 8.21. The van der Waals surface area contributed by atoms with Gasteiger partial charge in [-0.2, -0.15) is 0 Å². The van der Waals surface area contributed by atoms with Gasteiger partial charge in [-0.15, -0.1) is 11.8 Å². The van der Waals surface area contributed by atoms with Gasteiger partial charge in [0.25, 0.3) is 0 Å². The van der Waals surface area contributed by atoms with Crippen molar-refractivity contribution in [2.45, 2.75) is 23.1 Å². The van der Waals surface area contributed by atoms with E-state index in [1.165, 1.54) is 0 Å². The van der Waals surface area contributed by atoms with E-state index < -0.39 is 16.0 Å². The van der Waals surface area contributed by atoms with Crippen LogP contribution in [-0.2, 0) is 19.6 Å². The van der Waals surface area contributed by atoms with E-state index in [9.17, 15) is 13.2 Å². The molecule has 0 aliphatic carbocycles. The SMILES string of the molecule is C=C(C)C(=O)OCCCNS(=O)(=O)c1ccc(SC)cc1. The Morgan fingerprint density at radius 1 is 1.33 bits per heavy atom. The van der Waals surface area contributed by atoms with Crippen LogP contribution >= 0.6 is 11.8 Å². The number of ether oxygens (including phenoxy) is 1. The Kier molecular flexibility index (Phi) is 6.94. The number of esters is 1. The fourth-order valence-corrected chi connectivity index (χ4v) is 2.89. The van der Waals surface area contributed by atoms with E-state index in [2.05, 4.69) is 11.3 Å². The predicted molar refractivity (Wildman–Crippen MR) is 83.8 cm³/mol. The minimum Gasteiger partial charge on any atom is -0.462 e. The van der Waals surface area contributed by atoms with E-state index in [4.69, 9.17) is 4.74 Å². The van der Waals surface area contributed by atoms with E-state index in [-0.39, 0.29) is 18.0 Å². The summed E-state index contributed by atoms with van der Waals surface area (Å²) < 4.78 is 31.3. The molecule has 0 aliphatic heterocycles. The minimum atomic E-state index is -3.52. The first kappa shape index (κ1) is 17.7. The zero-order valence-corrected chi connectivity index (χ0v) is 13.7. The van der Waals surface area contributed by atoms with E-state index in [0.717, 1.165) is 4.90 Å². The van der Waals surface area contributed by atoms with E-state index in [1.807, 2.05) is 6.26 Å². The van der Waals surface area contributed by atoms with Gasteiger partial charge in [-0.1, -0.05) is 6.58 Å². The van der Waals surface area contributed by atoms with E-state index >= 15 is 0 Å². The molecule has 1 rings (SSSR count). The third kappa shape index (κ3) is 5.91. The Balaban J connectivity index is 2.42. The van der Waals surface area contributed by atoms with E-state index in [0.29, 0.717) is 12.0 Å². The van der Waals surface area contributed by atoms with Crippen molar-refractivity contribution in [3.63, 3.8) is 0 Å². The van der Waals surface area contributed by atoms with Gasteiger partial charge in [0.15, 0.2) is 0 Å². The molecule has 0 atom stereocenters. The molecule has 5 nitrogen and oxygen atoms in total. The van der Waals surface area contributed by atoms with Crippen molar-refractivity contribution in [3.8, 4) is 0 Å². The quantitative estimate of drug-likeness (QED) is 0.343. The van der Waals surface area contributed by atoms with Gasteiger partial charge in [-0.3, -0.25) is 0 Å². The third-order valence-electron chi connectivity index (χ3n) is 2.56. The molecule has 21 heavy (non-hydrogen) atoms. The molecule has 0 heterocycles. The van der Waals surface area contributed by atoms with Gasteiger partial charge in [0.2, 0.25) is 10.0 Å². The maximum absolute atomic E-state index is 12.0. The smallest absolute Gasteiger partial charge is 0.333 e. The van der Waals surface area contributed by atoms with E-state index in [1.54, 1.807) is 43.0 Å². The van der Waals surface area contributed by atoms with Crippen LogP contribution in [0.25, 0.3) is 0 Å². The zero-order valence-electron chi connectivity index (χ0n) is 12.1. The van der Waals surface area contributed by atoms with Crippen molar-refractivity contribution in [2.75, 3.05) is 19.4 Å². The summed E-state index contributed by atoms with van der Waals surface area (Å²) in [5, 5.41) is 0. The highest BCUT2D eigenvalue weighted by Crippen LogP contribution is 2.17. The Morgan fingerprint density at radius 2 is 1.95 bits per heavy atom. The summed E-state index contributed by atoms with van der Waals surface area (Å²) in [5.74, 6) is -0.467. The minimum absolute atomic E-state index is 0.152. The summed E-state index contributed by atoms with van der Waals surface area (Å²) in [6, 6.07) is 6.65. The van der Waals surface area contributed by atoms with Gasteiger partial charge in [-0.05, 0) is 43.9 Å². The van der Waals surface area contributed by atoms with Crippen LogP contribution in [0.3, 0.4) is 0 Å². The second-order valence-corrected chi connectivity index (χ2v) is 6.99. The first-order valence-corrected chi connectivity index (χ1v) is 9.04. The van der Waals surface area contributed by atoms with Crippen LogP contribution in [0.2, 0.25) is 0 Å². The number of hydrogen-bond acceptors (Lipinski definition) is 5. The summed E-state index contributed by atoms with van der Waals surface area (Å²) in [7, 11) is -3.52. The lowest BCUT2D eigenvalue weighted by Crippen LogP contribution is -2.25. The Labute approximate surface area is 129 Å². The third-order valence-corrected chi connectivity index (χ3v) is 4.79. The van der Waals surface area contributed by atoms with Gasteiger partial charge < -0.3 is 4.74 Å². The van der Waals surface area contributed by atoms with Crippen LogP contribution in [-0.4, -0.2) is 33.8 Å². The van der Waals surface area contributed by atoms with Crippen LogP contribution in [0.1, 0.15) is 13.3 Å². The lowest BCUT2D eigenvalue weighted by molar-refractivity contribution is -0.138. The number of thioether (sulfide) groups is 1. The van der Waals surface area contributed by atoms with Crippen LogP contribution in [0, 0.1) is 0 Å². The molecule has 0 aromatic heterocycles. The Morgan fingerprint density at radius 3 is 2.48 bits per heavy atom. The molecular weight excluding hydrogens is 310 g/mol. The molecular formula is C14H19NO4S2. The molecule has 0 radical (unpaired) electrons. The van der Waals surface area contributed by atoms with Gasteiger partial charge in [0, 0.05) is 17.0 Å². The van der Waals surface area contributed by atoms with Crippen molar-refractivity contribution in [1.29, 1.82) is 0 Å². The predicted octanol–water partition coefficient (Wildman–Crippen LogP) is 2.20. The molecule has 116 valence electrons. The maximum Gasteiger partial charge on any atom is 0.333 e. The van der Waals surface area contributed by atoms with Gasteiger partial charge >= 0.3 is 5.97 Å². The molecule has 0 aliphatic rings. The highest BCUT2D eigenvalue weighted by Gasteiger charge is 2.13. The second-order valence-electron chi connectivity index (χ2n) is 4.34. The first-order valence-electron chi connectivity index (χ1n) is 6.33. The highest BCUT2D eigenvalue weighted by molar-refractivity contribution is 7.98. The van der Waals surface area contributed by atoms with Crippen LogP contribution in [0.5, 0.6) is 0 Å². The van der Waals surface area contributed by atoms with Gasteiger partial charge in [0.05, 0.1) is 11.5 Å². The lowest BCUT2D eigenvalue weighted by atomic mass is 10.4. The number of carbonyl (C=O) groups excluding carboxylic acids is 1. The number of carbonyl (C=O) groups is 1. The molecule has 1 aromatic rings. The molecule has 0 amide bonds. The number of benzene rings is 1. The van der Waals surface area contributed by atoms with Gasteiger partial charge in [-0.25, -0.2) is 17.9 Å². The molecule has 0 spiro atoms. The topological polar surface area (TPSA) is 72.5 Å². The first-order chi connectivity index (χ1) is 9.86. The summed E-state index contributed by atoms with van der Waals surface area (Å²) in [6.45, 7) is 5.37. The molecule has 1 aromatic carbocycles. The van der Waals surface area contributed by atoms with Crippen LogP contribution < -0.4 is 4.72 Å². The Hall–Kier alpha value is -1.31. The number of rotatable bonds is 8. The van der Waals surface area contributed by atoms with Crippen LogP contribution in [0.15, 0.2) is 46.2 Å². The number of hydrogen-bond donors (Lipinski definition) is 1. The molecule has 1 N–H and O–H groups in total. The van der Waals surface area contributed by atoms with Crippen molar-refractivity contribution in [2.24, 2.45) is 0 Å². The molecule has 0 saturated heterocycles. The Bertz CT molecular complexity index is 594. The average Bonchev–Trinajstić information content (AvgIpc) is 2.46. The molecule has 0 unspecified atom stereocenters. The fourth-order valence-electron chi connectivity index (χ4n) is 1.40. The standard InChI is InChI=1S/C14H19NO4S2/c1-11(2)14(16)19-10-4-9-15-21(17,18)13-7-5-12(20-3)6-8-13/h5-8,15H,1,4,9-10H2,2-3H3. The number of sulfonamides is 1.